The molecule has 0 bridgehead atoms. The summed E-state index contributed by atoms with van der Waals surface area (Å²) < 4.78 is 16.4. The summed E-state index contributed by atoms with van der Waals surface area (Å²) in [6.45, 7) is 5.19. The number of aliphatic imine (C=N–C) groups is 1. The van der Waals surface area contributed by atoms with Crippen molar-refractivity contribution in [2.45, 2.75) is 44.5 Å². The molecule has 2 heterocycles. The summed E-state index contributed by atoms with van der Waals surface area (Å²) in [7, 11) is 3.09. The second-order valence-corrected chi connectivity index (χ2v) is 9.86. The molecule has 186 valence electrons. The van der Waals surface area contributed by atoms with E-state index >= 15 is 0 Å². The highest BCUT2D eigenvalue weighted by Gasteiger charge is 2.40. The molecule has 4 rings (SSSR count). The standard InChI is InChI=1S/C26H31N3O5S/c1-16-7-9-20(17(2)12-16)28-26-29(15-19-6-5-11-34-19)25(31)23(35-26)14-24(30)27-21-10-8-18(32-3)13-22(21)33-4/h7-10,12-13,19,23H,5-6,11,14-15H2,1-4H3,(H,27,30)/t19-,23+/m1/s1. The lowest BCUT2D eigenvalue weighted by Crippen LogP contribution is -2.38. The van der Waals surface area contributed by atoms with Crippen molar-refractivity contribution in [1.82, 2.24) is 4.90 Å². The van der Waals surface area contributed by atoms with E-state index in [1.165, 1.54) is 18.9 Å². The topological polar surface area (TPSA) is 89.5 Å². The molecule has 2 aromatic rings. The first-order chi connectivity index (χ1) is 16.9. The second-order valence-electron chi connectivity index (χ2n) is 8.69. The van der Waals surface area contributed by atoms with Crippen molar-refractivity contribution in [1.29, 1.82) is 0 Å². The van der Waals surface area contributed by atoms with Crippen LogP contribution >= 0.6 is 11.8 Å². The molecule has 2 aromatic carbocycles. The van der Waals surface area contributed by atoms with Crippen molar-refractivity contribution in [2.75, 3.05) is 32.7 Å². The van der Waals surface area contributed by atoms with Crippen molar-refractivity contribution >= 4 is 40.1 Å². The minimum atomic E-state index is -0.565. The van der Waals surface area contributed by atoms with Crippen molar-refractivity contribution in [3.8, 4) is 11.5 Å². The van der Waals surface area contributed by atoms with Crippen molar-refractivity contribution in [2.24, 2.45) is 4.99 Å². The van der Waals surface area contributed by atoms with E-state index < -0.39 is 5.25 Å². The highest BCUT2D eigenvalue weighted by Crippen LogP contribution is 2.35. The first kappa shape index (κ1) is 25.1. The van der Waals surface area contributed by atoms with Gasteiger partial charge in [-0.2, -0.15) is 0 Å². The Morgan fingerprint density at radius 3 is 2.71 bits per heavy atom. The number of amidine groups is 1. The van der Waals surface area contributed by atoms with Gasteiger partial charge in [0.05, 0.1) is 38.2 Å². The smallest absolute Gasteiger partial charge is 0.242 e. The fraction of sp³-hybridized carbons (Fsp3) is 0.423. The average molecular weight is 498 g/mol. The summed E-state index contributed by atoms with van der Waals surface area (Å²) >= 11 is 1.33. The van der Waals surface area contributed by atoms with Crippen LogP contribution in [0.3, 0.4) is 0 Å². The highest BCUT2D eigenvalue weighted by atomic mass is 32.2. The van der Waals surface area contributed by atoms with Gasteiger partial charge >= 0.3 is 0 Å². The van der Waals surface area contributed by atoms with E-state index in [9.17, 15) is 9.59 Å². The van der Waals surface area contributed by atoms with Crippen LogP contribution in [0.4, 0.5) is 11.4 Å². The van der Waals surface area contributed by atoms with Gasteiger partial charge in [0.15, 0.2) is 5.17 Å². The maximum Gasteiger partial charge on any atom is 0.242 e. The molecule has 2 atom stereocenters. The number of carbonyl (C=O) groups is 2. The minimum absolute atomic E-state index is 0.0139. The van der Waals surface area contributed by atoms with Gasteiger partial charge in [0, 0.05) is 19.1 Å². The number of hydrogen-bond donors (Lipinski definition) is 1. The summed E-state index contributed by atoms with van der Waals surface area (Å²) in [5.41, 5.74) is 3.53. The normalized spacial score (nSPS) is 21.0. The van der Waals surface area contributed by atoms with E-state index in [1.807, 2.05) is 26.0 Å². The molecular weight excluding hydrogens is 466 g/mol. The molecule has 9 heteroatoms. The van der Waals surface area contributed by atoms with Gasteiger partial charge < -0.3 is 19.5 Å². The zero-order valence-corrected chi connectivity index (χ0v) is 21.3. The summed E-state index contributed by atoms with van der Waals surface area (Å²) in [6, 6.07) is 11.2. The quantitative estimate of drug-likeness (QED) is 0.579. The Bertz CT molecular complexity index is 1130. The van der Waals surface area contributed by atoms with Crippen molar-refractivity contribution < 1.29 is 23.8 Å². The molecular formula is C26H31N3O5S. The maximum absolute atomic E-state index is 13.4. The zero-order chi connectivity index (χ0) is 24.9. The van der Waals surface area contributed by atoms with Crippen molar-refractivity contribution in [3.63, 3.8) is 0 Å². The molecule has 2 aliphatic rings. The van der Waals surface area contributed by atoms with Crippen LogP contribution in [0, 0.1) is 13.8 Å². The van der Waals surface area contributed by atoms with Crippen molar-refractivity contribution in [3.05, 3.63) is 47.5 Å². The molecule has 2 saturated heterocycles. The largest absolute Gasteiger partial charge is 0.497 e. The fourth-order valence-electron chi connectivity index (χ4n) is 4.19. The summed E-state index contributed by atoms with van der Waals surface area (Å²) in [5.74, 6) is 0.716. The fourth-order valence-corrected chi connectivity index (χ4v) is 5.35. The van der Waals surface area contributed by atoms with Gasteiger partial charge in [-0.25, -0.2) is 4.99 Å². The molecule has 0 spiro atoms. The molecule has 1 N–H and O–H groups in total. The number of nitrogens with zero attached hydrogens (tertiary/aromatic N) is 2. The lowest BCUT2D eigenvalue weighted by Gasteiger charge is -2.20. The van der Waals surface area contributed by atoms with Gasteiger partial charge in [-0.3, -0.25) is 14.5 Å². The highest BCUT2D eigenvalue weighted by molar-refractivity contribution is 8.15. The predicted octanol–water partition coefficient (Wildman–Crippen LogP) is 4.46. The third-order valence-electron chi connectivity index (χ3n) is 6.05. The maximum atomic E-state index is 13.4. The first-order valence-corrected chi connectivity index (χ1v) is 12.5. The van der Waals surface area contributed by atoms with Crippen LogP contribution in [0.15, 0.2) is 41.4 Å². The Labute approximate surface area is 210 Å². The Morgan fingerprint density at radius 2 is 2.03 bits per heavy atom. The number of amides is 2. The number of rotatable bonds is 8. The van der Waals surface area contributed by atoms with E-state index in [0.29, 0.717) is 35.5 Å². The molecule has 0 radical (unpaired) electrons. The number of nitrogens with one attached hydrogen (secondary N) is 1. The lowest BCUT2D eigenvalue weighted by molar-refractivity contribution is -0.129. The molecule has 2 amide bonds. The number of anilines is 1. The van der Waals surface area contributed by atoms with E-state index in [4.69, 9.17) is 19.2 Å². The number of methoxy groups -OCH3 is 2. The van der Waals surface area contributed by atoms with Crippen LogP contribution in [-0.2, 0) is 14.3 Å². The molecule has 0 aliphatic carbocycles. The number of thioether (sulfide) groups is 1. The number of benzene rings is 2. The van der Waals surface area contributed by atoms with E-state index in [-0.39, 0.29) is 24.3 Å². The van der Waals surface area contributed by atoms with Gasteiger partial charge in [0.1, 0.15) is 16.7 Å². The monoisotopic (exact) mass is 497 g/mol. The minimum Gasteiger partial charge on any atom is -0.497 e. The molecule has 2 fully saturated rings. The number of carbonyl (C=O) groups excluding carboxylic acids is 2. The molecule has 35 heavy (non-hydrogen) atoms. The molecule has 0 saturated carbocycles. The van der Waals surface area contributed by atoms with Crippen LogP contribution in [0.1, 0.15) is 30.4 Å². The van der Waals surface area contributed by atoms with Gasteiger partial charge in [0.2, 0.25) is 11.8 Å². The second kappa shape index (κ2) is 11.1. The summed E-state index contributed by atoms with van der Waals surface area (Å²) in [5, 5.41) is 2.90. The molecule has 8 nitrogen and oxygen atoms in total. The number of aryl methyl sites for hydroxylation is 2. The van der Waals surface area contributed by atoms with E-state index in [1.54, 1.807) is 30.2 Å². The zero-order valence-electron chi connectivity index (χ0n) is 20.5. The molecule has 0 unspecified atom stereocenters. The van der Waals surface area contributed by atoms with Crippen LogP contribution in [0.2, 0.25) is 0 Å². The average Bonchev–Trinajstić information content (AvgIpc) is 3.45. The first-order valence-electron chi connectivity index (χ1n) is 11.7. The summed E-state index contributed by atoms with van der Waals surface area (Å²) in [6.07, 6.45) is 1.90. The van der Waals surface area contributed by atoms with Gasteiger partial charge in [-0.05, 0) is 50.5 Å². The number of ether oxygens (including phenoxy) is 3. The van der Waals surface area contributed by atoms with E-state index in [0.717, 1.165) is 29.7 Å². The van der Waals surface area contributed by atoms with E-state index in [2.05, 4.69) is 11.4 Å². The third kappa shape index (κ3) is 5.97. The van der Waals surface area contributed by atoms with Crippen LogP contribution in [0.5, 0.6) is 11.5 Å². The van der Waals surface area contributed by atoms with Crippen LogP contribution in [0.25, 0.3) is 0 Å². The Balaban J connectivity index is 1.52. The Morgan fingerprint density at radius 1 is 1.20 bits per heavy atom. The Kier molecular flexibility index (Phi) is 7.97. The van der Waals surface area contributed by atoms with Crippen LogP contribution < -0.4 is 14.8 Å². The van der Waals surface area contributed by atoms with Gasteiger partial charge in [-0.15, -0.1) is 0 Å². The Hall–Kier alpha value is -3.04. The number of hydrogen-bond acceptors (Lipinski definition) is 7. The van der Waals surface area contributed by atoms with Crippen LogP contribution in [-0.4, -0.2) is 60.6 Å². The summed E-state index contributed by atoms with van der Waals surface area (Å²) in [4.78, 5) is 32.8. The molecule has 2 aliphatic heterocycles. The predicted molar refractivity (Wildman–Crippen MR) is 138 cm³/mol. The molecule has 0 aromatic heterocycles. The van der Waals surface area contributed by atoms with Gasteiger partial charge in [-0.1, -0.05) is 29.5 Å². The van der Waals surface area contributed by atoms with Gasteiger partial charge in [0.25, 0.3) is 0 Å². The third-order valence-corrected chi connectivity index (χ3v) is 7.23. The SMILES string of the molecule is COc1ccc(NC(=O)C[C@@H]2SC(=Nc3ccc(C)cc3C)N(C[C@H]3CCCO3)C2=O)c(OC)c1. The lowest BCUT2D eigenvalue weighted by atomic mass is 10.1.